The molecular weight excluding hydrogens is 1200 g/mol. The van der Waals surface area contributed by atoms with Crippen LogP contribution in [0.3, 0.4) is 0 Å². The predicted octanol–water partition coefficient (Wildman–Crippen LogP) is 10.8. The highest BCUT2D eigenvalue weighted by atomic mass is 31.2. The van der Waals surface area contributed by atoms with Crippen molar-refractivity contribution < 1.29 is 97.5 Å². The molecule has 0 aromatic heterocycles. The van der Waals surface area contributed by atoms with Gasteiger partial charge in [-0.2, -0.15) is 0 Å². The molecule has 2 aliphatic heterocycles. The highest BCUT2D eigenvalue weighted by Gasteiger charge is 2.53. The first-order valence-corrected chi connectivity index (χ1v) is 37.6. The van der Waals surface area contributed by atoms with Crippen LogP contribution in [-0.4, -0.2) is 168 Å². The van der Waals surface area contributed by atoms with E-state index < -0.39 is 156 Å². The lowest BCUT2D eigenvalue weighted by Crippen LogP contribution is -2.67. The van der Waals surface area contributed by atoms with Gasteiger partial charge in [-0.3, -0.25) is 23.7 Å². The first-order valence-electron chi connectivity index (χ1n) is 36.1. The molecule has 14 atom stereocenters. The summed E-state index contributed by atoms with van der Waals surface area (Å²) in [5.41, 5.74) is 0. The number of aliphatic hydroxyl groups is 7. The molecule has 0 spiro atoms. The third-order valence-corrected chi connectivity index (χ3v) is 18.1. The van der Waals surface area contributed by atoms with Gasteiger partial charge in [-0.1, -0.05) is 259 Å². The lowest BCUT2D eigenvalue weighted by molar-refractivity contribution is -0.298. The number of unbranched alkanes of at least 4 members (excludes halogenated alkanes) is 32. The number of esters is 2. The fourth-order valence-corrected chi connectivity index (χ4v) is 12.6. The number of phosphoric acid groups is 1. The zero-order valence-electron chi connectivity index (χ0n) is 56.6. The maximum atomic E-state index is 13.9. The molecule has 8 unspecified atom stereocenters. The van der Waals surface area contributed by atoms with Crippen LogP contribution in [0.25, 0.3) is 0 Å². The van der Waals surface area contributed by atoms with E-state index >= 15 is 0 Å². The first-order chi connectivity index (χ1) is 43.8. The fourth-order valence-electron chi connectivity index (χ4n) is 12.1. The van der Waals surface area contributed by atoms with Crippen LogP contribution < -0.4 is 10.6 Å². The summed E-state index contributed by atoms with van der Waals surface area (Å²) in [4.78, 5) is 75.5. The highest BCUT2D eigenvalue weighted by Crippen LogP contribution is 2.41. The molecule has 0 aliphatic carbocycles. The largest absolute Gasteiger partial charge is 0.472 e. The molecular formula is C68H129N2O20P. The average Bonchev–Trinajstić information content (AvgIpc) is 1.02. The van der Waals surface area contributed by atoms with Crippen LogP contribution in [0.15, 0.2) is 0 Å². The van der Waals surface area contributed by atoms with E-state index in [0.717, 1.165) is 135 Å². The summed E-state index contributed by atoms with van der Waals surface area (Å²) in [6, 6.07) is -3.44. The Morgan fingerprint density at radius 1 is 0.418 bits per heavy atom. The Hall–Kier alpha value is -2.41. The summed E-state index contributed by atoms with van der Waals surface area (Å²) >= 11 is 0. The molecule has 2 aliphatic rings. The molecule has 2 amide bonds. The molecule has 23 heteroatoms. The van der Waals surface area contributed by atoms with Crippen molar-refractivity contribution in [3.63, 3.8) is 0 Å². The Kier molecular flexibility index (Phi) is 49.1. The van der Waals surface area contributed by atoms with Crippen molar-refractivity contribution in [3.8, 4) is 0 Å². The molecule has 0 bridgehead atoms. The minimum atomic E-state index is -5.54. The van der Waals surface area contributed by atoms with E-state index in [0.29, 0.717) is 38.5 Å². The van der Waals surface area contributed by atoms with Gasteiger partial charge in [0.15, 0.2) is 24.8 Å². The Bertz CT molecular complexity index is 1890. The van der Waals surface area contributed by atoms with E-state index in [4.69, 9.17) is 28.2 Å². The Morgan fingerprint density at radius 2 is 0.692 bits per heavy atom. The summed E-state index contributed by atoms with van der Waals surface area (Å²) in [6.07, 6.45) is 17.3. The molecule has 0 aromatic carbocycles. The summed E-state index contributed by atoms with van der Waals surface area (Å²) in [5.74, 6) is -3.62. The van der Waals surface area contributed by atoms with Crippen LogP contribution in [0.5, 0.6) is 0 Å². The predicted molar refractivity (Wildman–Crippen MR) is 349 cm³/mol. The number of hydrogen-bond acceptors (Lipinski definition) is 18. The zero-order chi connectivity index (χ0) is 67.1. The summed E-state index contributed by atoms with van der Waals surface area (Å²) in [7, 11) is -5.54. The lowest BCUT2D eigenvalue weighted by atomic mass is 9.95. The van der Waals surface area contributed by atoms with Crippen LogP contribution in [-0.2, 0) is 52.0 Å². The molecule has 2 heterocycles. The number of aliphatic hydroxyl groups excluding tert-OH is 7. The smallest absolute Gasteiger partial charge is 0.457 e. The number of rotatable bonds is 58. The Morgan fingerprint density at radius 3 is 1.00 bits per heavy atom. The number of nitrogens with one attached hydrogen (secondary N) is 2. The number of hydrogen-bond donors (Lipinski definition) is 11. The second kappa shape index (κ2) is 52.7. The summed E-state index contributed by atoms with van der Waals surface area (Å²) < 4.78 is 47.5. The number of amides is 2. The number of phosphoric ester groups is 1. The minimum absolute atomic E-state index is 0.246. The molecule has 536 valence electrons. The molecule has 2 fully saturated rings. The van der Waals surface area contributed by atoms with Gasteiger partial charge in [-0.05, 0) is 25.7 Å². The van der Waals surface area contributed by atoms with E-state index in [1.807, 2.05) is 0 Å². The number of carbonyl (C=O) groups excluding carboxylic acids is 4. The van der Waals surface area contributed by atoms with Crippen molar-refractivity contribution in [2.24, 2.45) is 0 Å². The van der Waals surface area contributed by atoms with Crippen LogP contribution in [0.4, 0.5) is 0 Å². The molecule has 0 radical (unpaired) electrons. The van der Waals surface area contributed by atoms with Crippen molar-refractivity contribution in [1.82, 2.24) is 10.6 Å². The normalized spacial score (nSPS) is 23.3. The van der Waals surface area contributed by atoms with Crippen molar-refractivity contribution in [2.45, 2.75) is 396 Å². The van der Waals surface area contributed by atoms with Crippen LogP contribution in [0, 0.1) is 0 Å². The molecule has 2 rings (SSSR count). The minimum Gasteiger partial charge on any atom is -0.457 e. The maximum Gasteiger partial charge on any atom is 0.472 e. The molecule has 91 heavy (non-hydrogen) atoms. The number of ether oxygens (including phenoxy) is 5. The monoisotopic (exact) mass is 1320 g/mol. The van der Waals surface area contributed by atoms with Gasteiger partial charge in [-0.15, -0.1) is 0 Å². The van der Waals surface area contributed by atoms with Gasteiger partial charge >= 0.3 is 19.8 Å². The van der Waals surface area contributed by atoms with Gasteiger partial charge in [0, 0.05) is 0 Å². The third kappa shape index (κ3) is 40.7. The van der Waals surface area contributed by atoms with Gasteiger partial charge in [0.25, 0.3) is 0 Å². The topological polar surface area (TPSA) is 347 Å². The van der Waals surface area contributed by atoms with Crippen molar-refractivity contribution in [1.29, 1.82) is 0 Å². The average molecular weight is 1330 g/mol. The van der Waals surface area contributed by atoms with E-state index in [1.165, 1.54) is 70.6 Å². The van der Waals surface area contributed by atoms with Gasteiger partial charge in [0.2, 0.25) is 11.8 Å². The van der Waals surface area contributed by atoms with Crippen LogP contribution in [0.1, 0.15) is 310 Å². The first kappa shape index (κ1) is 84.7. The standard InChI is InChI=1S/C68H129N2O20P/c1-5-9-13-17-21-25-29-33-37-41-51(72)45-57(76)69-61-65(88-59(78)47-53(74)43-39-35-31-27-23-19-15-11-7-3)63(80)55(49-71)86-67(61)85-50-56-64(81)66(89-60(79)48-54(75)44-40-36-32-28-24-20-16-12-8-4)62(68(87-56)90-91(82,83)84)70-58(77)46-52(73)42-38-34-30-26-22-18-14-10-6-2/h51-56,61-68,71-75,80-81H,5-50H2,1-4H3,(H,69,76)(H,70,77)(H2,82,83,84)/t51?,52?,53?,54?,55?,56?,61?,62?,63-,64-,65-,66-,67-,68+/m1/s1. The van der Waals surface area contributed by atoms with Crippen LogP contribution in [0.2, 0.25) is 0 Å². The lowest BCUT2D eigenvalue weighted by Gasteiger charge is -2.46. The summed E-state index contributed by atoms with van der Waals surface area (Å²) in [6.45, 7) is 6.95. The third-order valence-electron chi connectivity index (χ3n) is 17.6. The van der Waals surface area contributed by atoms with E-state index in [2.05, 4.69) is 38.3 Å². The van der Waals surface area contributed by atoms with E-state index in [9.17, 15) is 69.3 Å². The van der Waals surface area contributed by atoms with Crippen molar-refractivity contribution >= 4 is 31.6 Å². The Balaban J connectivity index is 2.43. The van der Waals surface area contributed by atoms with Crippen molar-refractivity contribution in [2.75, 3.05) is 13.2 Å². The van der Waals surface area contributed by atoms with E-state index in [-0.39, 0.29) is 12.8 Å². The summed E-state index contributed by atoms with van der Waals surface area (Å²) in [5, 5.41) is 83.4. The number of carbonyl (C=O) groups is 4. The fraction of sp³-hybridized carbons (Fsp3) is 0.941. The molecule has 22 nitrogen and oxygen atoms in total. The second-order valence-electron chi connectivity index (χ2n) is 26.2. The quantitative estimate of drug-likeness (QED) is 0.0153. The van der Waals surface area contributed by atoms with E-state index in [1.54, 1.807) is 0 Å². The second-order valence-corrected chi connectivity index (χ2v) is 27.4. The maximum absolute atomic E-state index is 13.9. The molecule has 0 aromatic rings. The molecule has 11 N–H and O–H groups in total. The molecule has 0 saturated carbocycles. The molecule has 2 saturated heterocycles. The SMILES string of the molecule is CCCCCCCCCCCC(O)CC(=O)NC1[C@H](OCC2O[C@@H](OP(=O)(O)O)C(NC(=O)CC(O)CCCCCCCCCCC)[C@@H](OC(=O)CC(O)CCCCCCCCCCC)[C@@H]2O)OC(CO)[C@@H](O)[C@@H]1OC(=O)CC(O)CCCCCCCCCCC. The highest BCUT2D eigenvalue weighted by molar-refractivity contribution is 7.46. The van der Waals surface area contributed by atoms with Crippen LogP contribution >= 0.6 is 7.82 Å². The zero-order valence-corrected chi connectivity index (χ0v) is 57.5. The van der Waals surface area contributed by atoms with Crippen molar-refractivity contribution in [3.05, 3.63) is 0 Å². The van der Waals surface area contributed by atoms with Gasteiger partial charge < -0.3 is 79.9 Å². The van der Waals surface area contributed by atoms with Gasteiger partial charge in [0.05, 0.1) is 63.3 Å². The van der Waals surface area contributed by atoms with Gasteiger partial charge in [0.1, 0.15) is 36.5 Å². The Labute approximate surface area is 546 Å². The van der Waals surface area contributed by atoms with Gasteiger partial charge in [-0.25, -0.2) is 4.57 Å².